The number of aliphatic carboxylic acids is 1. The van der Waals surface area contributed by atoms with Crippen LogP contribution in [0.3, 0.4) is 0 Å². The van der Waals surface area contributed by atoms with Gasteiger partial charge in [0.2, 0.25) is 11.6 Å². The van der Waals surface area contributed by atoms with Gasteiger partial charge in [-0.2, -0.15) is 0 Å². The van der Waals surface area contributed by atoms with Crippen LogP contribution in [-0.4, -0.2) is 45.3 Å². The van der Waals surface area contributed by atoms with E-state index in [9.17, 15) is 20.0 Å². The number of carbonyl (C=O) groups is 1. The Morgan fingerprint density at radius 3 is 2.71 bits per heavy atom. The van der Waals surface area contributed by atoms with E-state index in [1.54, 1.807) is 18.5 Å². The van der Waals surface area contributed by atoms with Crippen molar-refractivity contribution in [3.05, 3.63) is 15.9 Å². The maximum absolute atomic E-state index is 11.6. The summed E-state index contributed by atoms with van der Waals surface area (Å²) in [4.78, 5) is 25.9. The lowest BCUT2D eigenvalue weighted by Gasteiger charge is -2.33. The Kier molecular flexibility index (Phi) is 4.12. The molecule has 1 aromatic heterocycles. The third-order valence-corrected chi connectivity index (χ3v) is 3.97. The van der Waals surface area contributed by atoms with Gasteiger partial charge in [0.1, 0.15) is 0 Å². The first-order valence-electron chi connectivity index (χ1n) is 6.60. The molecule has 9 heteroatoms. The molecule has 0 radical (unpaired) electrons. The monoisotopic (exact) mass is 298 g/mol. The van der Waals surface area contributed by atoms with Crippen LogP contribution < -0.4 is 5.32 Å². The number of rotatable bonds is 5. The van der Waals surface area contributed by atoms with E-state index in [4.69, 9.17) is 4.74 Å². The summed E-state index contributed by atoms with van der Waals surface area (Å²) in [6.45, 7) is 2.51. The van der Waals surface area contributed by atoms with Gasteiger partial charge in [-0.1, -0.05) is 0 Å². The first-order valence-corrected chi connectivity index (χ1v) is 6.60. The van der Waals surface area contributed by atoms with Gasteiger partial charge in [-0.3, -0.25) is 9.36 Å². The zero-order valence-electron chi connectivity index (χ0n) is 12.0. The molecule has 0 aromatic carbocycles. The van der Waals surface area contributed by atoms with Gasteiger partial charge in [-0.05, 0) is 22.7 Å². The van der Waals surface area contributed by atoms with Crippen LogP contribution >= 0.6 is 0 Å². The van der Waals surface area contributed by atoms with Crippen molar-refractivity contribution < 1.29 is 19.6 Å². The molecule has 2 N–H and O–H groups in total. The van der Waals surface area contributed by atoms with Crippen LogP contribution in [-0.2, 0) is 16.6 Å². The average molecular weight is 298 g/mol. The van der Waals surface area contributed by atoms with Gasteiger partial charge in [0, 0.05) is 33.7 Å². The molecular weight excluding hydrogens is 280 g/mol. The molecule has 1 aliphatic heterocycles. The predicted molar refractivity (Wildman–Crippen MR) is 73.2 cm³/mol. The molecule has 2 rings (SSSR count). The lowest BCUT2D eigenvalue weighted by atomic mass is 9.80. The number of nitro groups is 1. The number of ether oxygens (including phenoxy) is 1. The van der Waals surface area contributed by atoms with E-state index in [-0.39, 0.29) is 18.2 Å². The summed E-state index contributed by atoms with van der Waals surface area (Å²) in [6, 6.07) is 0. The number of anilines is 1. The lowest BCUT2D eigenvalue weighted by molar-refractivity contribution is -0.388. The molecule has 0 bridgehead atoms. The van der Waals surface area contributed by atoms with Crippen molar-refractivity contribution in [1.29, 1.82) is 0 Å². The number of carboxylic acids is 1. The summed E-state index contributed by atoms with van der Waals surface area (Å²) in [6.07, 6.45) is 0.750. The molecule has 0 unspecified atom stereocenters. The molecule has 21 heavy (non-hydrogen) atoms. The van der Waals surface area contributed by atoms with E-state index in [0.717, 1.165) is 0 Å². The van der Waals surface area contributed by atoms with E-state index in [0.29, 0.717) is 31.9 Å². The van der Waals surface area contributed by atoms with E-state index in [2.05, 4.69) is 10.3 Å². The number of nitrogens with one attached hydrogen (secondary N) is 1. The molecule has 1 fully saturated rings. The fourth-order valence-electron chi connectivity index (χ4n) is 2.40. The summed E-state index contributed by atoms with van der Waals surface area (Å²) in [5, 5.41) is 23.4. The fourth-order valence-corrected chi connectivity index (χ4v) is 2.40. The number of imidazole rings is 1. The Hall–Kier alpha value is -2.16. The normalized spacial score (nSPS) is 17.4. The van der Waals surface area contributed by atoms with Gasteiger partial charge in [-0.25, -0.2) is 0 Å². The predicted octanol–water partition coefficient (Wildman–Crippen LogP) is 0.930. The van der Waals surface area contributed by atoms with E-state index >= 15 is 0 Å². The lowest BCUT2D eigenvalue weighted by Crippen LogP contribution is -2.43. The fraction of sp³-hybridized carbons (Fsp3) is 0.667. The highest BCUT2D eigenvalue weighted by Gasteiger charge is 2.41. The van der Waals surface area contributed by atoms with Crippen LogP contribution in [0.1, 0.15) is 18.7 Å². The first-order chi connectivity index (χ1) is 9.87. The number of aromatic nitrogens is 2. The Labute approximate surface area is 121 Å². The summed E-state index contributed by atoms with van der Waals surface area (Å²) in [7, 11) is 1.65. The number of nitrogens with zero attached hydrogens (tertiary/aromatic N) is 3. The molecule has 116 valence electrons. The van der Waals surface area contributed by atoms with Gasteiger partial charge in [0.25, 0.3) is 0 Å². The highest BCUT2D eigenvalue weighted by molar-refractivity contribution is 5.76. The molecule has 0 aliphatic carbocycles. The molecule has 1 aliphatic rings. The SMILES string of the molecule is Cc1nc([N+](=O)[O-])c(NCC2(C(=O)O)CCOCC2)n1C. The Morgan fingerprint density at radius 1 is 1.57 bits per heavy atom. The topological polar surface area (TPSA) is 120 Å². The van der Waals surface area contributed by atoms with Crippen LogP contribution in [0.25, 0.3) is 0 Å². The maximum Gasteiger partial charge on any atom is 0.406 e. The quantitative estimate of drug-likeness (QED) is 0.613. The number of aryl methyl sites for hydroxylation is 1. The van der Waals surface area contributed by atoms with Gasteiger partial charge in [-0.15, -0.1) is 0 Å². The second kappa shape index (κ2) is 5.68. The first kappa shape index (κ1) is 15.2. The zero-order valence-corrected chi connectivity index (χ0v) is 12.0. The molecule has 1 saturated heterocycles. The second-order valence-electron chi connectivity index (χ2n) is 5.20. The van der Waals surface area contributed by atoms with Crippen molar-refractivity contribution in [3.8, 4) is 0 Å². The smallest absolute Gasteiger partial charge is 0.406 e. The summed E-state index contributed by atoms with van der Waals surface area (Å²) in [5.41, 5.74) is -0.968. The van der Waals surface area contributed by atoms with E-state index in [1.165, 1.54) is 0 Å². The molecule has 1 aromatic rings. The van der Waals surface area contributed by atoms with Crippen LogP contribution in [0.4, 0.5) is 11.6 Å². The van der Waals surface area contributed by atoms with Crippen molar-refractivity contribution in [1.82, 2.24) is 9.55 Å². The van der Waals surface area contributed by atoms with Crippen LogP contribution in [0.5, 0.6) is 0 Å². The van der Waals surface area contributed by atoms with Crippen molar-refractivity contribution in [2.45, 2.75) is 19.8 Å². The minimum atomic E-state index is -0.968. The number of carboxylic acid groups (broad SMARTS) is 1. The summed E-state index contributed by atoms with van der Waals surface area (Å²) < 4.78 is 6.75. The van der Waals surface area contributed by atoms with Gasteiger partial charge < -0.3 is 25.3 Å². The van der Waals surface area contributed by atoms with E-state index < -0.39 is 16.3 Å². The van der Waals surface area contributed by atoms with Crippen molar-refractivity contribution in [2.75, 3.05) is 25.1 Å². The minimum Gasteiger partial charge on any atom is -0.481 e. The maximum atomic E-state index is 11.6. The third-order valence-electron chi connectivity index (χ3n) is 3.97. The second-order valence-corrected chi connectivity index (χ2v) is 5.20. The van der Waals surface area contributed by atoms with Crippen LogP contribution in [0.2, 0.25) is 0 Å². The standard InChI is InChI=1S/C12H18N4O5/c1-8-14-10(16(19)20)9(15(8)2)13-7-12(11(17)18)3-5-21-6-4-12/h13H,3-7H2,1-2H3,(H,17,18). The average Bonchev–Trinajstić information content (AvgIpc) is 2.74. The van der Waals surface area contributed by atoms with Crippen molar-refractivity contribution >= 4 is 17.6 Å². The summed E-state index contributed by atoms with van der Waals surface area (Å²) >= 11 is 0. The third kappa shape index (κ3) is 2.82. The number of hydrogen-bond donors (Lipinski definition) is 2. The zero-order chi connectivity index (χ0) is 15.6. The summed E-state index contributed by atoms with van der Waals surface area (Å²) in [5.74, 6) is -0.493. The molecular formula is C12H18N4O5. The number of hydrogen-bond acceptors (Lipinski definition) is 6. The van der Waals surface area contributed by atoms with Gasteiger partial charge in [0.15, 0.2) is 0 Å². The van der Waals surface area contributed by atoms with Gasteiger partial charge >= 0.3 is 11.8 Å². The van der Waals surface area contributed by atoms with Gasteiger partial charge in [0.05, 0.1) is 5.41 Å². The Bertz CT molecular complexity index is 562. The highest BCUT2D eigenvalue weighted by Crippen LogP contribution is 2.33. The Morgan fingerprint density at radius 2 is 2.19 bits per heavy atom. The highest BCUT2D eigenvalue weighted by atomic mass is 16.6. The molecule has 0 saturated carbocycles. The largest absolute Gasteiger partial charge is 0.481 e. The molecule has 0 atom stereocenters. The molecule has 0 spiro atoms. The van der Waals surface area contributed by atoms with Crippen LogP contribution in [0.15, 0.2) is 0 Å². The molecule has 0 amide bonds. The molecule has 9 nitrogen and oxygen atoms in total. The van der Waals surface area contributed by atoms with Crippen molar-refractivity contribution in [3.63, 3.8) is 0 Å². The minimum absolute atomic E-state index is 0.103. The van der Waals surface area contributed by atoms with Crippen LogP contribution in [0, 0.1) is 22.5 Å². The van der Waals surface area contributed by atoms with E-state index in [1.807, 2.05) is 0 Å². The van der Waals surface area contributed by atoms with Crippen molar-refractivity contribution in [2.24, 2.45) is 12.5 Å². The molecule has 2 heterocycles. The Balaban J connectivity index is 2.22.